The number of nitrogens with zero attached hydrogens (tertiary/aromatic N) is 5. The average molecular weight is 345 g/mol. The van der Waals surface area contributed by atoms with E-state index < -0.39 is 0 Å². The van der Waals surface area contributed by atoms with Gasteiger partial charge in [-0.3, -0.25) is 9.59 Å². The van der Waals surface area contributed by atoms with Crippen LogP contribution in [-0.4, -0.2) is 82.5 Å². The summed E-state index contributed by atoms with van der Waals surface area (Å²) in [5.41, 5.74) is 1.02. The summed E-state index contributed by atoms with van der Waals surface area (Å²) in [4.78, 5) is 30.6. The molecule has 0 aromatic carbocycles. The van der Waals surface area contributed by atoms with Crippen molar-refractivity contribution in [1.82, 2.24) is 24.9 Å². The van der Waals surface area contributed by atoms with Crippen LogP contribution in [0.1, 0.15) is 25.5 Å². The summed E-state index contributed by atoms with van der Waals surface area (Å²) in [5, 5.41) is 8.09. The van der Waals surface area contributed by atoms with Gasteiger partial charge < -0.3 is 14.7 Å². The maximum absolute atomic E-state index is 13.0. The number of hydrogen-bond acceptors (Lipinski definition) is 5. The molecule has 2 aliphatic heterocycles. The first-order valence-corrected chi connectivity index (χ1v) is 9.05. The van der Waals surface area contributed by atoms with E-state index in [0.717, 1.165) is 44.6 Å². The Hall–Kier alpha value is -2.02. The zero-order valence-electron chi connectivity index (χ0n) is 15.1. The molecule has 2 amide bonds. The number of piperazine rings is 1. The van der Waals surface area contributed by atoms with Gasteiger partial charge in [0.25, 0.3) is 0 Å². The highest BCUT2D eigenvalue weighted by molar-refractivity contribution is 5.87. The predicted molar refractivity (Wildman–Crippen MR) is 93.7 cm³/mol. The lowest BCUT2D eigenvalue weighted by Gasteiger charge is -2.42. The second-order valence-electron chi connectivity index (χ2n) is 7.18. The highest BCUT2D eigenvalue weighted by Gasteiger charge is 2.36. The SMILES string of the molecule is CC(=O)N1CCN(C)CC1C(=O)N1CCC(Cc2cccnn2)CC1. The fraction of sp³-hybridized carbons (Fsp3) is 0.667. The van der Waals surface area contributed by atoms with Gasteiger partial charge in [-0.2, -0.15) is 10.2 Å². The molecule has 0 saturated carbocycles. The normalized spacial score (nSPS) is 22.9. The Morgan fingerprint density at radius 2 is 1.96 bits per heavy atom. The Labute approximate surface area is 149 Å². The molecular formula is C18H27N5O2. The van der Waals surface area contributed by atoms with Crippen LogP contribution in [0.4, 0.5) is 0 Å². The number of carbonyl (C=O) groups excluding carboxylic acids is 2. The van der Waals surface area contributed by atoms with E-state index in [0.29, 0.717) is 19.0 Å². The van der Waals surface area contributed by atoms with Gasteiger partial charge in [-0.15, -0.1) is 0 Å². The molecule has 3 rings (SSSR count). The molecule has 1 aromatic rings. The second-order valence-corrected chi connectivity index (χ2v) is 7.18. The van der Waals surface area contributed by atoms with Gasteiger partial charge in [0.2, 0.25) is 11.8 Å². The topological polar surface area (TPSA) is 69.6 Å². The van der Waals surface area contributed by atoms with Gasteiger partial charge in [0.05, 0.1) is 5.69 Å². The molecule has 3 heterocycles. The number of aromatic nitrogens is 2. The van der Waals surface area contributed by atoms with Gasteiger partial charge in [-0.1, -0.05) is 0 Å². The van der Waals surface area contributed by atoms with E-state index in [1.165, 1.54) is 0 Å². The molecule has 1 aromatic heterocycles. The molecule has 0 spiro atoms. The molecule has 2 aliphatic rings. The van der Waals surface area contributed by atoms with E-state index in [4.69, 9.17) is 0 Å². The maximum atomic E-state index is 13.0. The van der Waals surface area contributed by atoms with Crippen molar-refractivity contribution in [2.75, 3.05) is 39.8 Å². The summed E-state index contributed by atoms with van der Waals surface area (Å²) in [6.45, 7) is 5.15. The smallest absolute Gasteiger partial charge is 0.246 e. The largest absolute Gasteiger partial charge is 0.341 e. The van der Waals surface area contributed by atoms with Crippen LogP contribution < -0.4 is 0 Å². The Balaban J connectivity index is 1.56. The van der Waals surface area contributed by atoms with Crippen LogP contribution >= 0.6 is 0 Å². The number of likely N-dealkylation sites (tertiary alicyclic amines) is 1. The first-order chi connectivity index (χ1) is 12.0. The second kappa shape index (κ2) is 7.91. The number of carbonyl (C=O) groups is 2. The summed E-state index contributed by atoms with van der Waals surface area (Å²) in [5.74, 6) is 0.627. The first-order valence-electron chi connectivity index (χ1n) is 9.05. The number of hydrogen-bond donors (Lipinski definition) is 0. The van der Waals surface area contributed by atoms with Gasteiger partial charge in [0.1, 0.15) is 6.04 Å². The molecule has 2 saturated heterocycles. The molecule has 1 atom stereocenters. The van der Waals surface area contributed by atoms with E-state index in [-0.39, 0.29) is 17.9 Å². The van der Waals surface area contributed by atoms with E-state index in [1.54, 1.807) is 18.0 Å². The molecule has 0 N–H and O–H groups in total. The summed E-state index contributed by atoms with van der Waals surface area (Å²) in [7, 11) is 2.00. The third kappa shape index (κ3) is 4.34. The molecule has 7 heteroatoms. The minimum Gasteiger partial charge on any atom is -0.341 e. The maximum Gasteiger partial charge on any atom is 0.246 e. The van der Waals surface area contributed by atoms with Gasteiger partial charge in [-0.25, -0.2) is 0 Å². The van der Waals surface area contributed by atoms with Crippen LogP contribution in [0, 0.1) is 5.92 Å². The summed E-state index contributed by atoms with van der Waals surface area (Å²) in [6.07, 6.45) is 4.56. The van der Waals surface area contributed by atoms with Gasteiger partial charge >= 0.3 is 0 Å². The average Bonchev–Trinajstić information content (AvgIpc) is 2.62. The van der Waals surface area contributed by atoms with Crippen molar-refractivity contribution in [2.45, 2.75) is 32.2 Å². The van der Waals surface area contributed by atoms with Crippen molar-refractivity contribution in [3.05, 3.63) is 24.0 Å². The molecule has 1 unspecified atom stereocenters. The van der Waals surface area contributed by atoms with Crippen LogP contribution in [0.2, 0.25) is 0 Å². The minimum absolute atomic E-state index is 0.0102. The van der Waals surface area contributed by atoms with E-state index >= 15 is 0 Å². The molecule has 7 nitrogen and oxygen atoms in total. The van der Waals surface area contributed by atoms with Gasteiger partial charge in [0, 0.05) is 45.8 Å². The fourth-order valence-electron chi connectivity index (χ4n) is 3.81. The van der Waals surface area contributed by atoms with Crippen molar-refractivity contribution >= 4 is 11.8 Å². The Kier molecular flexibility index (Phi) is 5.63. The van der Waals surface area contributed by atoms with Crippen LogP contribution in [0.5, 0.6) is 0 Å². The van der Waals surface area contributed by atoms with Crippen LogP contribution in [0.25, 0.3) is 0 Å². The number of piperidine rings is 1. The van der Waals surface area contributed by atoms with Crippen LogP contribution in [-0.2, 0) is 16.0 Å². The monoisotopic (exact) mass is 345 g/mol. The number of amides is 2. The quantitative estimate of drug-likeness (QED) is 0.794. The third-order valence-corrected chi connectivity index (χ3v) is 5.32. The molecule has 0 aliphatic carbocycles. The summed E-state index contributed by atoms with van der Waals surface area (Å²) in [6, 6.07) is 3.58. The number of rotatable bonds is 3. The third-order valence-electron chi connectivity index (χ3n) is 5.32. The zero-order valence-corrected chi connectivity index (χ0v) is 15.1. The summed E-state index contributed by atoms with van der Waals surface area (Å²) < 4.78 is 0. The Morgan fingerprint density at radius 1 is 1.20 bits per heavy atom. The molecule has 0 bridgehead atoms. The molecule has 0 radical (unpaired) electrons. The standard InChI is InChI=1S/C18H27N5O2/c1-14(24)23-11-10-21(2)13-17(23)18(25)22-8-5-15(6-9-22)12-16-4-3-7-19-20-16/h3-4,7,15,17H,5-6,8-13H2,1-2H3. The van der Waals surface area contributed by atoms with E-state index in [1.807, 2.05) is 24.1 Å². The molecule has 136 valence electrons. The van der Waals surface area contributed by atoms with E-state index in [9.17, 15) is 9.59 Å². The van der Waals surface area contributed by atoms with Crippen molar-refractivity contribution in [1.29, 1.82) is 0 Å². The van der Waals surface area contributed by atoms with Crippen molar-refractivity contribution < 1.29 is 9.59 Å². The van der Waals surface area contributed by atoms with Crippen molar-refractivity contribution in [3.63, 3.8) is 0 Å². The van der Waals surface area contributed by atoms with Crippen molar-refractivity contribution in [3.8, 4) is 0 Å². The van der Waals surface area contributed by atoms with Gasteiger partial charge in [-0.05, 0) is 44.4 Å². The highest BCUT2D eigenvalue weighted by atomic mass is 16.2. The van der Waals surface area contributed by atoms with E-state index in [2.05, 4.69) is 15.1 Å². The Morgan fingerprint density at radius 3 is 2.60 bits per heavy atom. The molecular weight excluding hydrogens is 318 g/mol. The lowest BCUT2D eigenvalue weighted by atomic mass is 9.91. The fourth-order valence-corrected chi connectivity index (χ4v) is 3.81. The van der Waals surface area contributed by atoms with Crippen molar-refractivity contribution in [2.24, 2.45) is 5.92 Å². The predicted octanol–water partition coefficient (Wildman–Crippen LogP) is 0.420. The lowest BCUT2D eigenvalue weighted by Crippen LogP contribution is -2.60. The highest BCUT2D eigenvalue weighted by Crippen LogP contribution is 2.22. The van der Waals surface area contributed by atoms with Crippen LogP contribution in [0.3, 0.4) is 0 Å². The van der Waals surface area contributed by atoms with Crippen LogP contribution in [0.15, 0.2) is 18.3 Å². The first kappa shape index (κ1) is 17.8. The zero-order chi connectivity index (χ0) is 17.8. The minimum atomic E-state index is -0.340. The molecule has 2 fully saturated rings. The van der Waals surface area contributed by atoms with Gasteiger partial charge in [0.15, 0.2) is 0 Å². The summed E-state index contributed by atoms with van der Waals surface area (Å²) >= 11 is 0. The lowest BCUT2D eigenvalue weighted by molar-refractivity contribution is -0.148. The number of likely N-dealkylation sites (N-methyl/N-ethyl adjacent to an activating group) is 1. The Bertz CT molecular complexity index is 601. The molecule has 25 heavy (non-hydrogen) atoms.